The second-order valence-corrected chi connectivity index (χ2v) is 6.34. The Bertz CT molecular complexity index is 722. The Morgan fingerprint density at radius 3 is 3.04 bits per heavy atom. The van der Waals surface area contributed by atoms with Crippen LogP contribution < -0.4 is 11.1 Å². The van der Waals surface area contributed by atoms with Crippen LogP contribution in [0.25, 0.3) is 0 Å². The highest BCUT2D eigenvalue weighted by Crippen LogP contribution is 2.30. The van der Waals surface area contributed by atoms with Crippen molar-refractivity contribution >= 4 is 5.71 Å². The first kappa shape index (κ1) is 14.8. The molecule has 1 saturated heterocycles. The van der Waals surface area contributed by atoms with Crippen molar-refractivity contribution in [3.05, 3.63) is 58.9 Å². The minimum atomic E-state index is -0.178. The Morgan fingerprint density at radius 1 is 1.35 bits per heavy atom. The summed E-state index contributed by atoms with van der Waals surface area (Å²) in [7, 11) is 0. The zero-order valence-corrected chi connectivity index (χ0v) is 13.2. The van der Waals surface area contributed by atoms with Gasteiger partial charge in [0.25, 0.3) is 0 Å². The van der Waals surface area contributed by atoms with Gasteiger partial charge in [-0.3, -0.25) is 15.2 Å². The van der Waals surface area contributed by atoms with Crippen LogP contribution in [0.4, 0.5) is 4.39 Å². The monoisotopic (exact) mass is 312 g/mol. The summed E-state index contributed by atoms with van der Waals surface area (Å²) >= 11 is 0. The zero-order chi connectivity index (χ0) is 16.0. The first-order chi connectivity index (χ1) is 11.1. The number of nitrogens with one attached hydrogen (secondary N) is 1. The van der Waals surface area contributed by atoms with Crippen molar-refractivity contribution in [2.45, 2.75) is 31.7 Å². The van der Waals surface area contributed by atoms with Crippen LogP contribution >= 0.6 is 0 Å². The van der Waals surface area contributed by atoms with E-state index in [9.17, 15) is 4.39 Å². The summed E-state index contributed by atoms with van der Waals surface area (Å²) in [6, 6.07) is 5.70. The largest absolute Gasteiger partial charge is 0.303 e. The number of nitrogens with zero attached hydrogens (tertiary/aromatic N) is 2. The second kappa shape index (κ2) is 5.67. The van der Waals surface area contributed by atoms with Crippen LogP contribution in [0, 0.1) is 12.7 Å². The number of hydrogen-bond donors (Lipinski definition) is 2. The summed E-state index contributed by atoms with van der Waals surface area (Å²) in [6.45, 7) is 3.44. The summed E-state index contributed by atoms with van der Waals surface area (Å²) in [5.41, 5.74) is 9.98. The molecule has 3 aliphatic rings. The molecule has 3 unspecified atom stereocenters. The smallest absolute Gasteiger partial charge is 0.126 e. The molecule has 0 aliphatic carbocycles. The number of aryl methyl sites for hydroxylation is 1. The highest BCUT2D eigenvalue weighted by molar-refractivity contribution is 6.14. The lowest BCUT2D eigenvalue weighted by Gasteiger charge is -2.31. The number of halogens is 1. The molecular weight excluding hydrogens is 291 g/mol. The van der Waals surface area contributed by atoms with Gasteiger partial charge in [0.05, 0.1) is 11.8 Å². The quantitative estimate of drug-likeness (QED) is 0.818. The maximum absolute atomic E-state index is 13.6. The van der Waals surface area contributed by atoms with Gasteiger partial charge in [-0.25, -0.2) is 4.39 Å². The Hall–Kier alpha value is -1.82. The van der Waals surface area contributed by atoms with Crippen LogP contribution in [0.3, 0.4) is 0 Å². The van der Waals surface area contributed by atoms with E-state index >= 15 is 0 Å². The van der Waals surface area contributed by atoms with Gasteiger partial charge in [-0.2, -0.15) is 0 Å². The third-order valence-corrected chi connectivity index (χ3v) is 4.86. The Kier molecular flexibility index (Phi) is 3.64. The van der Waals surface area contributed by atoms with Crippen molar-refractivity contribution in [3.8, 4) is 0 Å². The summed E-state index contributed by atoms with van der Waals surface area (Å²) < 4.78 is 13.6. The van der Waals surface area contributed by atoms with Gasteiger partial charge < -0.3 is 5.73 Å². The molecule has 0 aromatic heterocycles. The maximum Gasteiger partial charge on any atom is 0.126 e. The van der Waals surface area contributed by atoms with Crippen molar-refractivity contribution < 1.29 is 4.39 Å². The first-order valence-electron chi connectivity index (χ1n) is 8.11. The van der Waals surface area contributed by atoms with Gasteiger partial charge in [0, 0.05) is 24.7 Å². The zero-order valence-electron chi connectivity index (χ0n) is 13.2. The fraction of sp³-hybridized carbons (Fsp3) is 0.389. The fourth-order valence-electron chi connectivity index (χ4n) is 3.70. The van der Waals surface area contributed by atoms with Crippen LogP contribution in [0.5, 0.6) is 0 Å². The van der Waals surface area contributed by atoms with Crippen LogP contribution in [0.15, 0.2) is 47.0 Å². The maximum atomic E-state index is 13.6. The molecule has 3 aliphatic heterocycles. The third kappa shape index (κ3) is 2.45. The van der Waals surface area contributed by atoms with Gasteiger partial charge in [0.15, 0.2) is 0 Å². The fourth-order valence-corrected chi connectivity index (χ4v) is 3.70. The minimum Gasteiger partial charge on any atom is -0.303 e. The van der Waals surface area contributed by atoms with Crippen molar-refractivity contribution in [1.82, 2.24) is 10.2 Å². The molecule has 3 heterocycles. The Labute approximate surface area is 135 Å². The molecule has 1 aromatic rings. The molecule has 3 N–H and O–H groups in total. The minimum absolute atomic E-state index is 0.134. The summed E-state index contributed by atoms with van der Waals surface area (Å²) in [5, 5.41) is 3.30. The second-order valence-electron chi connectivity index (χ2n) is 6.34. The predicted octanol–water partition coefficient (Wildman–Crippen LogP) is 1.71. The van der Waals surface area contributed by atoms with Crippen LogP contribution in [-0.2, 0) is 0 Å². The number of aliphatic imine (C=N–C) groups is 1. The first-order valence-corrected chi connectivity index (χ1v) is 8.11. The van der Waals surface area contributed by atoms with Gasteiger partial charge in [-0.05, 0) is 42.7 Å². The van der Waals surface area contributed by atoms with E-state index in [1.165, 1.54) is 11.6 Å². The molecule has 3 atom stereocenters. The normalized spacial score (nSPS) is 30.3. The average Bonchev–Trinajstić information content (AvgIpc) is 3.14. The number of dihydropyridines is 1. The third-order valence-electron chi connectivity index (χ3n) is 4.86. The summed E-state index contributed by atoms with van der Waals surface area (Å²) in [6.07, 6.45) is 7.48. The molecule has 1 fully saturated rings. The van der Waals surface area contributed by atoms with Crippen molar-refractivity contribution in [3.63, 3.8) is 0 Å². The van der Waals surface area contributed by atoms with Crippen LogP contribution in [0.2, 0.25) is 0 Å². The van der Waals surface area contributed by atoms with E-state index < -0.39 is 0 Å². The molecule has 4 rings (SSSR count). The topological polar surface area (TPSA) is 53.6 Å². The molecule has 4 nitrogen and oxygen atoms in total. The van der Waals surface area contributed by atoms with Gasteiger partial charge in [-0.1, -0.05) is 18.2 Å². The molecule has 0 saturated carbocycles. The van der Waals surface area contributed by atoms with Gasteiger partial charge in [-0.15, -0.1) is 0 Å². The Balaban J connectivity index is 1.70. The average molecular weight is 312 g/mol. The molecule has 0 radical (unpaired) electrons. The van der Waals surface area contributed by atoms with Gasteiger partial charge in [0.2, 0.25) is 0 Å². The van der Waals surface area contributed by atoms with Gasteiger partial charge in [0.1, 0.15) is 12.1 Å². The standard InChI is InChI=1S/C18H21FN4/c1-11-9-12(4-6-15(11)19)17-14(3-2-8-21-17)16-7-5-13-10-22-18(20)23(13)16/h3-7,9,13,16,18,22H,2,8,10,20H2,1H3. The summed E-state index contributed by atoms with van der Waals surface area (Å²) in [5.74, 6) is -0.178. The number of rotatable bonds is 2. The van der Waals surface area contributed by atoms with E-state index in [1.54, 1.807) is 6.92 Å². The highest BCUT2D eigenvalue weighted by atomic mass is 19.1. The molecule has 0 spiro atoms. The molecule has 1 aromatic carbocycles. The van der Waals surface area contributed by atoms with E-state index in [4.69, 9.17) is 10.7 Å². The van der Waals surface area contributed by atoms with Crippen LogP contribution in [0.1, 0.15) is 17.5 Å². The SMILES string of the molecule is Cc1cc(C2=NCCC=C2C2C=CC3CNC(N)N32)ccc1F. The molecule has 5 heteroatoms. The lowest BCUT2D eigenvalue weighted by atomic mass is 9.92. The van der Waals surface area contributed by atoms with Crippen molar-refractivity contribution in [1.29, 1.82) is 0 Å². The van der Waals surface area contributed by atoms with E-state index in [1.807, 2.05) is 12.1 Å². The van der Waals surface area contributed by atoms with E-state index in [0.29, 0.717) is 11.6 Å². The highest BCUT2D eigenvalue weighted by Gasteiger charge is 2.40. The molecule has 23 heavy (non-hydrogen) atoms. The number of nitrogens with two attached hydrogens (primary N) is 1. The van der Waals surface area contributed by atoms with Gasteiger partial charge >= 0.3 is 0 Å². The number of fused-ring (bicyclic) bond motifs is 1. The lowest BCUT2D eigenvalue weighted by molar-refractivity contribution is 0.213. The number of hydrogen-bond acceptors (Lipinski definition) is 4. The van der Waals surface area contributed by atoms with Crippen molar-refractivity contribution in [2.75, 3.05) is 13.1 Å². The predicted molar refractivity (Wildman–Crippen MR) is 89.8 cm³/mol. The van der Waals surface area contributed by atoms with Crippen LogP contribution in [-0.4, -0.2) is 42.1 Å². The Morgan fingerprint density at radius 2 is 2.22 bits per heavy atom. The number of benzene rings is 1. The van der Waals surface area contributed by atoms with Crippen molar-refractivity contribution in [2.24, 2.45) is 10.7 Å². The van der Waals surface area contributed by atoms with E-state index in [0.717, 1.165) is 30.8 Å². The summed E-state index contributed by atoms with van der Waals surface area (Å²) in [4.78, 5) is 7.02. The molecule has 0 bridgehead atoms. The molecule has 120 valence electrons. The molecular formula is C18H21FN4. The van der Waals surface area contributed by atoms with E-state index in [2.05, 4.69) is 28.4 Å². The van der Waals surface area contributed by atoms with E-state index in [-0.39, 0.29) is 18.1 Å². The lowest BCUT2D eigenvalue weighted by Crippen LogP contribution is -2.49. The molecule has 0 amide bonds.